The molecular formula is C12H25N5O2. The molecule has 19 heavy (non-hydrogen) atoms. The van der Waals surface area contributed by atoms with Gasteiger partial charge in [0, 0.05) is 13.0 Å². The fourth-order valence-corrected chi connectivity index (χ4v) is 1.62. The highest BCUT2D eigenvalue weighted by Crippen LogP contribution is 2.05. The van der Waals surface area contributed by atoms with Crippen LogP contribution in [-0.2, 0) is 9.59 Å². The lowest BCUT2D eigenvalue weighted by Gasteiger charge is -2.17. The maximum Gasteiger partial charge on any atom is 0.240 e. The number of amides is 2. The lowest BCUT2D eigenvalue weighted by Crippen LogP contribution is -2.45. The molecule has 0 bridgehead atoms. The summed E-state index contributed by atoms with van der Waals surface area (Å²) in [6.45, 7) is 4.50. The third-order valence-corrected chi connectivity index (χ3v) is 2.53. The molecule has 110 valence electrons. The summed E-state index contributed by atoms with van der Waals surface area (Å²) in [5.74, 6) is -0.458. The van der Waals surface area contributed by atoms with Crippen LogP contribution in [-0.4, -0.2) is 30.4 Å². The Kier molecular flexibility index (Phi) is 8.32. The van der Waals surface area contributed by atoms with E-state index in [2.05, 4.69) is 10.6 Å². The molecule has 0 aromatic heterocycles. The monoisotopic (exact) mass is 271 g/mol. The zero-order valence-electron chi connectivity index (χ0n) is 11.7. The Morgan fingerprint density at radius 1 is 1.21 bits per heavy atom. The Bertz CT molecular complexity index is 317. The van der Waals surface area contributed by atoms with Gasteiger partial charge in [0.05, 0.1) is 0 Å². The Hall–Kier alpha value is -1.79. The summed E-state index contributed by atoms with van der Waals surface area (Å²) in [6, 6.07) is -0.595. The van der Waals surface area contributed by atoms with Crippen molar-refractivity contribution >= 4 is 17.8 Å². The van der Waals surface area contributed by atoms with Crippen molar-refractivity contribution in [3.63, 3.8) is 0 Å². The molecule has 2 amide bonds. The molecular weight excluding hydrogens is 246 g/mol. The number of guanidine groups is 1. The van der Waals surface area contributed by atoms with Gasteiger partial charge in [-0.15, -0.1) is 0 Å². The van der Waals surface area contributed by atoms with Crippen LogP contribution in [0.2, 0.25) is 0 Å². The van der Waals surface area contributed by atoms with Gasteiger partial charge in [0.2, 0.25) is 11.8 Å². The molecule has 7 nitrogen and oxygen atoms in total. The number of primary amides is 1. The van der Waals surface area contributed by atoms with Gasteiger partial charge in [0.25, 0.3) is 0 Å². The Labute approximate surface area is 114 Å². The average Bonchev–Trinajstić information content (AvgIpc) is 2.26. The van der Waals surface area contributed by atoms with Gasteiger partial charge in [0.15, 0.2) is 5.96 Å². The highest BCUT2D eigenvalue weighted by atomic mass is 16.2. The molecule has 0 aliphatic carbocycles. The van der Waals surface area contributed by atoms with E-state index in [0.29, 0.717) is 25.8 Å². The summed E-state index contributed by atoms with van der Waals surface area (Å²) in [5, 5.41) is 12.3. The van der Waals surface area contributed by atoms with E-state index in [1.54, 1.807) is 0 Å². The number of unbranched alkanes of at least 4 members (excludes halogenated alkanes) is 1. The van der Waals surface area contributed by atoms with Gasteiger partial charge >= 0.3 is 0 Å². The summed E-state index contributed by atoms with van der Waals surface area (Å²) in [5.41, 5.74) is 10.4. The van der Waals surface area contributed by atoms with Crippen LogP contribution in [0.4, 0.5) is 0 Å². The first-order valence-electron chi connectivity index (χ1n) is 6.49. The number of rotatable bonds is 9. The quantitative estimate of drug-likeness (QED) is 0.223. The first kappa shape index (κ1) is 17.2. The highest BCUT2D eigenvalue weighted by Gasteiger charge is 2.18. The number of hydrogen-bond donors (Lipinski definition) is 5. The molecule has 7 heteroatoms. The largest absolute Gasteiger partial charge is 0.370 e. The molecule has 0 aliphatic rings. The first-order chi connectivity index (χ1) is 8.82. The maximum atomic E-state index is 11.6. The summed E-state index contributed by atoms with van der Waals surface area (Å²) in [7, 11) is 0. The van der Waals surface area contributed by atoms with Crippen LogP contribution in [0.1, 0.15) is 39.5 Å². The molecule has 0 aromatic carbocycles. The number of nitrogens with one attached hydrogen (secondary N) is 3. The first-order valence-corrected chi connectivity index (χ1v) is 6.49. The van der Waals surface area contributed by atoms with E-state index < -0.39 is 11.9 Å². The molecule has 0 aromatic rings. The second kappa shape index (κ2) is 9.18. The van der Waals surface area contributed by atoms with Crippen LogP contribution >= 0.6 is 0 Å². The van der Waals surface area contributed by atoms with Crippen molar-refractivity contribution in [2.75, 3.05) is 6.54 Å². The Morgan fingerprint density at radius 3 is 2.32 bits per heavy atom. The molecule has 0 aliphatic heterocycles. The minimum Gasteiger partial charge on any atom is -0.370 e. The highest BCUT2D eigenvalue weighted by molar-refractivity contribution is 5.86. The summed E-state index contributed by atoms with van der Waals surface area (Å²) in [6.07, 6.45) is 2.28. The van der Waals surface area contributed by atoms with E-state index in [9.17, 15) is 9.59 Å². The predicted molar refractivity (Wildman–Crippen MR) is 74.3 cm³/mol. The smallest absolute Gasteiger partial charge is 0.240 e. The molecule has 0 spiro atoms. The van der Waals surface area contributed by atoms with Crippen LogP contribution in [0.5, 0.6) is 0 Å². The summed E-state index contributed by atoms with van der Waals surface area (Å²) in [4.78, 5) is 22.8. The normalized spacial score (nSPS) is 11.9. The van der Waals surface area contributed by atoms with E-state index in [1.165, 1.54) is 0 Å². The molecule has 7 N–H and O–H groups in total. The van der Waals surface area contributed by atoms with Crippen molar-refractivity contribution in [2.24, 2.45) is 17.4 Å². The fourth-order valence-electron chi connectivity index (χ4n) is 1.62. The fraction of sp³-hybridized carbons (Fsp3) is 0.750. The van der Waals surface area contributed by atoms with Crippen LogP contribution in [0, 0.1) is 11.3 Å². The van der Waals surface area contributed by atoms with Gasteiger partial charge in [-0.1, -0.05) is 13.8 Å². The third kappa shape index (κ3) is 9.87. The molecule has 0 heterocycles. The Morgan fingerprint density at radius 2 is 1.84 bits per heavy atom. The van der Waals surface area contributed by atoms with Crippen LogP contribution in [0.3, 0.4) is 0 Å². The zero-order valence-corrected chi connectivity index (χ0v) is 11.7. The van der Waals surface area contributed by atoms with Crippen LogP contribution < -0.4 is 22.1 Å². The minimum atomic E-state index is -0.595. The van der Waals surface area contributed by atoms with Gasteiger partial charge in [-0.05, 0) is 25.2 Å². The van der Waals surface area contributed by atoms with Crippen molar-refractivity contribution in [1.29, 1.82) is 5.41 Å². The lowest BCUT2D eigenvalue weighted by atomic mass is 10.0. The van der Waals surface area contributed by atoms with Crippen molar-refractivity contribution < 1.29 is 9.59 Å². The second-order valence-electron chi connectivity index (χ2n) is 4.95. The van der Waals surface area contributed by atoms with Gasteiger partial charge in [0.1, 0.15) is 6.04 Å². The SMILES string of the molecule is CC(C)C[C@H](NC(=O)CCCCNC(=N)N)C(N)=O. The van der Waals surface area contributed by atoms with E-state index in [4.69, 9.17) is 16.9 Å². The van der Waals surface area contributed by atoms with Crippen molar-refractivity contribution in [3.8, 4) is 0 Å². The number of hydrogen-bond acceptors (Lipinski definition) is 3. The van der Waals surface area contributed by atoms with Crippen molar-refractivity contribution in [3.05, 3.63) is 0 Å². The number of carbonyl (C=O) groups excluding carboxylic acids is 2. The van der Waals surface area contributed by atoms with Gasteiger partial charge in [-0.3, -0.25) is 15.0 Å². The van der Waals surface area contributed by atoms with Crippen molar-refractivity contribution in [2.45, 2.75) is 45.6 Å². The number of carbonyl (C=O) groups is 2. The molecule has 0 fully saturated rings. The standard InChI is InChI=1S/C12H25N5O2/c1-8(2)7-9(11(13)19)17-10(18)5-3-4-6-16-12(14)15/h8-9H,3-7H2,1-2H3,(H2,13,19)(H,17,18)(H4,14,15,16)/t9-/m0/s1. The number of nitrogens with two attached hydrogens (primary N) is 2. The molecule has 0 rings (SSSR count). The van der Waals surface area contributed by atoms with Crippen molar-refractivity contribution in [1.82, 2.24) is 10.6 Å². The average molecular weight is 271 g/mol. The van der Waals surface area contributed by atoms with Gasteiger partial charge < -0.3 is 22.1 Å². The summed E-state index contributed by atoms with van der Waals surface area (Å²) >= 11 is 0. The van der Waals surface area contributed by atoms with Crippen LogP contribution in [0.25, 0.3) is 0 Å². The van der Waals surface area contributed by atoms with Crippen LogP contribution in [0.15, 0.2) is 0 Å². The lowest BCUT2D eigenvalue weighted by molar-refractivity contribution is -0.127. The zero-order chi connectivity index (χ0) is 14.8. The van der Waals surface area contributed by atoms with E-state index in [1.807, 2.05) is 13.8 Å². The van der Waals surface area contributed by atoms with E-state index in [-0.39, 0.29) is 17.8 Å². The molecule has 0 radical (unpaired) electrons. The maximum absolute atomic E-state index is 11.6. The Balaban J connectivity index is 3.87. The summed E-state index contributed by atoms with van der Waals surface area (Å²) < 4.78 is 0. The third-order valence-electron chi connectivity index (χ3n) is 2.53. The minimum absolute atomic E-state index is 0.0739. The molecule has 0 unspecified atom stereocenters. The second-order valence-corrected chi connectivity index (χ2v) is 4.95. The van der Waals surface area contributed by atoms with E-state index >= 15 is 0 Å². The molecule has 0 saturated heterocycles. The molecule has 1 atom stereocenters. The predicted octanol–water partition coefficient (Wildman–Crippen LogP) is -0.344. The molecule has 0 saturated carbocycles. The van der Waals surface area contributed by atoms with Gasteiger partial charge in [-0.25, -0.2) is 0 Å². The van der Waals surface area contributed by atoms with Gasteiger partial charge in [-0.2, -0.15) is 0 Å². The topological polar surface area (TPSA) is 134 Å². The van der Waals surface area contributed by atoms with E-state index in [0.717, 1.165) is 6.42 Å².